The van der Waals surface area contributed by atoms with E-state index < -0.39 is 53.8 Å². The van der Waals surface area contributed by atoms with E-state index in [-0.39, 0.29) is 11.5 Å². The van der Waals surface area contributed by atoms with E-state index in [1.54, 1.807) is 0 Å². The molecule has 3 N–H and O–H groups in total. The van der Waals surface area contributed by atoms with Gasteiger partial charge in [-0.25, -0.2) is 8.78 Å². The summed E-state index contributed by atoms with van der Waals surface area (Å²) < 4.78 is 27.6. The molecule has 0 radical (unpaired) electrons. The zero-order valence-corrected chi connectivity index (χ0v) is 20.4. The lowest BCUT2D eigenvalue weighted by Crippen LogP contribution is -2.57. The zero-order chi connectivity index (χ0) is 26.5. The molecule has 1 heterocycles. The second-order valence-electron chi connectivity index (χ2n) is 9.40. The largest absolute Gasteiger partial charge is 0.354 e. The fourth-order valence-corrected chi connectivity index (χ4v) is 4.93. The first-order valence-electron chi connectivity index (χ1n) is 12.2. The molecule has 0 bridgehead atoms. The molecule has 1 fully saturated rings. The van der Waals surface area contributed by atoms with Crippen molar-refractivity contribution in [2.24, 2.45) is 5.73 Å². The summed E-state index contributed by atoms with van der Waals surface area (Å²) in [6.45, 7) is 1.76. The van der Waals surface area contributed by atoms with Gasteiger partial charge in [0.2, 0.25) is 17.7 Å². The lowest BCUT2D eigenvalue weighted by molar-refractivity contribution is -0.153. The normalized spacial score (nSPS) is 20.4. The van der Waals surface area contributed by atoms with Gasteiger partial charge in [0.1, 0.15) is 17.7 Å². The Labute approximate surface area is 214 Å². The third-order valence-electron chi connectivity index (χ3n) is 6.66. The average Bonchev–Trinajstić information content (AvgIpc) is 3.04. The smallest absolute Gasteiger partial charge is 0.246 e. The number of nitrogens with zero attached hydrogens (tertiary/aromatic N) is 1. The lowest BCUT2D eigenvalue weighted by Gasteiger charge is -2.35. The van der Waals surface area contributed by atoms with Gasteiger partial charge in [-0.3, -0.25) is 19.3 Å². The second-order valence-corrected chi connectivity index (χ2v) is 9.40. The van der Waals surface area contributed by atoms with Crippen molar-refractivity contribution in [1.82, 2.24) is 10.2 Å². The summed E-state index contributed by atoms with van der Waals surface area (Å²) in [7, 11) is 0. The number of hydrogen-bond acceptors (Lipinski definition) is 4. The maximum Gasteiger partial charge on any atom is 0.246 e. The third kappa shape index (κ3) is 6.09. The molecule has 0 unspecified atom stereocenters. The predicted octanol–water partition coefficient (Wildman–Crippen LogP) is 3.67. The quantitative estimate of drug-likeness (QED) is 0.535. The molecular weight excluding hydrogens is 476 g/mol. The van der Waals surface area contributed by atoms with Gasteiger partial charge in [0.05, 0.1) is 12.5 Å². The first kappa shape index (κ1) is 26.2. The highest BCUT2D eigenvalue weighted by molar-refractivity contribution is 6.03. The highest BCUT2D eigenvalue weighted by Crippen LogP contribution is 2.37. The van der Waals surface area contributed by atoms with Crippen LogP contribution >= 0.6 is 0 Å². The molecule has 3 amide bonds. The molecule has 4 atom stereocenters. The van der Waals surface area contributed by atoms with E-state index in [2.05, 4.69) is 5.32 Å². The van der Waals surface area contributed by atoms with Gasteiger partial charge in [-0.2, -0.15) is 0 Å². The summed E-state index contributed by atoms with van der Waals surface area (Å²) in [5, 5.41) is 2.91. The van der Waals surface area contributed by atoms with Gasteiger partial charge >= 0.3 is 0 Å². The van der Waals surface area contributed by atoms with Gasteiger partial charge in [0, 0.05) is 24.4 Å². The molecule has 0 aromatic heterocycles. The van der Waals surface area contributed by atoms with Crippen LogP contribution in [0.3, 0.4) is 0 Å². The number of rotatable bonds is 6. The molecule has 1 aliphatic heterocycles. The van der Waals surface area contributed by atoms with Crippen LogP contribution in [0.5, 0.6) is 0 Å². The van der Waals surface area contributed by atoms with Crippen molar-refractivity contribution in [1.29, 1.82) is 0 Å². The highest BCUT2D eigenvalue weighted by Gasteiger charge is 2.44. The Morgan fingerprint density at radius 1 is 0.973 bits per heavy atom. The third-order valence-corrected chi connectivity index (χ3v) is 6.66. The molecule has 1 aliphatic rings. The molecule has 4 rings (SSSR count). The molecule has 6 nitrogen and oxygen atoms in total. The Morgan fingerprint density at radius 3 is 2.11 bits per heavy atom. The van der Waals surface area contributed by atoms with Crippen molar-refractivity contribution in [3.05, 3.63) is 107 Å². The molecule has 0 spiro atoms. The molecular formula is C29H29F2N3O3. The number of hydrogen-bond donors (Lipinski definition) is 2. The van der Waals surface area contributed by atoms with Crippen LogP contribution in [0.15, 0.2) is 78.9 Å². The van der Waals surface area contributed by atoms with Gasteiger partial charge in [-0.05, 0) is 42.2 Å². The van der Waals surface area contributed by atoms with E-state index in [0.29, 0.717) is 19.0 Å². The van der Waals surface area contributed by atoms with Gasteiger partial charge in [0.25, 0.3) is 0 Å². The number of carbonyl (C=O) groups excluding carboxylic acids is 3. The molecule has 8 heteroatoms. The molecule has 192 valence electrons. The number of halogens is 2. The number of imide groups is 1. The minimum absolute atomic E-state index is 0.0532. The maximum atomic E-state index is 13.8. The van der Waals surface area contributed by atoms with E-state index in [1.165, 1.54) is 6.92 Å². The van der Waals surface area contributed by atoms with Crippen molar-refractivity contribution in [2.75, 3.05) is 6.54 Å². The Bertz CT molecular complexity index is 1250. The summed E-state index contributed by atoms with van der Waals surface area (Å²) in [6.07, 6.45) is 0.00256. The number of amides is 3. The first-order valence-corrected chi connectivity index (χ1v) is 12.2. The maximum absolute atomic E-state index is 13.8. The fourth-order valence-electron chi connectivity index (χ4n) is 4.93. The van der Waals surface area contributed by atoms with Crippen LogP contribution < -0.4 is 11.1 Å². The van der Waals surface area contributed by atoms with E-state index in [0.717, 1.165) is 28.2 Å². The zero-order valence-electron chi connectivity index (χ0n) is 20.4. The van der Waals surface area contributed by atoms with Crippen LogP contribution in [0.25, 0.3) is 0 Å². The number of carbonyl (C=O) groups is 3. The van der Waals surface area contributed by atoms with Crippen molar-refractivity contribution in [2.45, 2.75) is 43.7 Å². The van der Waals surface area contributed by atoms with Crippen molar-refractivity contribution < 1.29 is 23.2 Å². The summed E-state index contributed by atoms with van der Waals surface area (Å²) in [4.78, 5) is 41.4. The van der Waals surface area contributed by atoms with E-state index in [9.17, 15) is 23.2 Å². The van der Waals surface area contributed by atoms with Gasteiger partial charge in [-0.1, -0.05) is 60.7 Å². The monoisotopic (exact) mass is 505 g/mol. The van der Waals surface area contributed by atoms with Crippen LogP contribution in [-0.4, -0.2) is 41.2 Å². The number of nitrogens with two attached hydrogens (primary N) is 1. The molecule has 0 saturated carbocycles. The highest BCUT2D eigenvalue weighted by atomic mass is 19.1. The molecule has 3 aromatic carbocycles. The number of nitrogens with one attached hydrogen (secondary N) is 1. The van der Waals surface area contributed by atoms with Crippen LogP contribution in [0, 0.1) is 11.6 Å². The van der Waals surface area contributed by atoms with Crippen LogP contribution in [0.1, 0.15) is 41.9 Å². The second kappa shape index (κ2) is 11.4. The SMILES string of the molecule is C[C@H](N)C(=O)N(C(=O)Cc1cc(F)cc(F)c1)[C@@H]1C(=O)NC[C@@H](c2ccccc2)C[C@@H]1c1ccccc1. The lowest BCUT2D eigenvalue weighted by atomic mass is 9.81. The predicted molar refractivity (Wildman–Crippen MR) is 135 cm³/mol. The molecule has 37 heavy (non-hydrogen) atoms. The minimum Gasteiger partial charge on any atom is -0.354 e. The summed E-state index contributed by atoms with van der Waals surface area (Å²) >= 11 is 0. The Morgan fingerprint density at radius 2 is 1.54 bits per heavy atom. The standard InChI is InChI=1S/C29H29F2N3O3/c1-18(32)29(37)34(26(35)14-19-12-23(30)16-24(31)13-19)27-25(21-10-6-3-7-11-21)15-22(17-33-28(27)36)20-8-4-2-5-9-20/h2-13,16,18,22,25,27H,14-15,17,32H2,1H3,(H,33,36)/t18-,22-,25+,27-/m0/s1. The van der Waals surface area contributed by atoms with Crippen molar-refractivity contribution in [3.63, 3.8) is 0 Å². The van der Waals surface area contributed by atoms with E-state index >= 15 is 0 Å². The van der Waals surface area contributed by atoms with Crippen molar-refractivity contribution >= 4 is 17.7 Å². The first-order chi connectivity index (χ1) is 17.7. The molecule has 0 aliphatic carbocycles. The topological polar surface area (TPSA) is 92.5 Å². The van der Waals surface area contributed by atoms with Crippen LogP contribution in [0.2, 0.25) is 0 Å². The van der Waals surface area contributed by atoms with Crippen molar-refractivity contribution in [3.8, 4) is 0 Å². The molecule has 1 saturated heterocycles. The molecule has 3 aromatic rings. The minimum atomic E-state index is -1.19. The fraction of sp³-hybridized carbons (Fsp3) is 0.276. The van der Waals surface area contributed by atoms with E-state index in [1.807, 2.05) is 60.7 Å². The van der Waals surface area contributed by atoms with Gasteiger partial charge in [0.15, 0.2) is 0 Å². The summed E-state index contributed by atoms with van der Waals surface area (Å²) in [5.74, 6) is -4.27. The Kier molecular flexibility index (Phi) is 8.08. The van der Waals surface area contributed by atoms with Crippen LogP contribution in [-0.2, 0) is 20.8 Å². The summed E-state index contributed by atoms with van der Waals surface area (Å²) in [6, 6.07) is 19.4. The Balaban J connectivity index is 1.77. The van der Waals surface area contributed by atoms with Gasteiger partial charge in [-0.15, -0.1) is 0 Å². The van der Waals surface area contributed by atoms with E-state index in [4.69, 9.17) is 5.73 Å². The number of benzene rings is 3. The average molecular weight is 506 g/mol. The van der Waals surface area contributed by atoms with Gasteiger partial charge < -0.3 is 11.1 Å². The van der Waals surface area contributed by atoms with Crippen LogP contribution in [0.4, 0.5) is 8.78 Å². The summed E-state index contributed by atoms with van der Waals surface area (Å²) in [5.41, 5.74) is 7.78. The Hall–Kier alpha value is -3.91.